The lowest BCUT2D eigenvalue weighted by molar-refractivity contribution is 0.320. The molecule has 0 unspecified atom stereocenters. The summed E-state index contributed by atoms with van der Waals surface area (Å²) < 4.78 is 32.4. The van der Waals surface area contributed by atoms with Crippen LogP contribution in [0.5, 0.6) is 5.75 Å². The number of aromatic amines is 1. The average molecular weight is 371 g/mol. The van der Waals surface area contributed by atoms with E-state index >= 15 is 0 Å². The zero-order valence-corrected chi connectivity index (χ0v) is 15.4. The molecular formula is C19H21N3O3S. The molecule has 0 saturated carbocycles. The Bertz CT molecular complexity index is 1000. The summed E-state index contributed by atoms with van der Waals surface area (Å²) in [5.74, 6) is 0.995. The highest BCUT2D eigenvalue weighted by Gasteiger charge is 2.30. The molecule has 0 amide bonds. The van der Waals surface area contributed by atoms with Crippen molar-refractivity contribution >= 4 is 21.1 Å². The smallest absolute Gasteiger partial charge is 0.243 e. The maximum absolute atomic E-state index is 12.9. The second kappa shape index (κ2) is 6.74. The van der Waals surface area contributed by atoms with Gasteiger partial charge in [0.1, 0.15) is 11.4 Å². The van der Waals surface area contributed by atoms with E-state index in [1.165, 1.54) is 5.56 Å². The van der Waals surface area contributed by atoms with Gasteiger partial charge in [-0.1, -0.05) is 0 Å². The number of methoxy groups -OCH3 is 1. The minimum Gasteiger partial charge on any atom is -0.497 e. The van der Waals surface area contributed by atoms with Crippen molar-refractivity contribution in [1.29, 1.82) is 0 Å². The number of H-pyrrole nitrogens is 1. The van der Waals surface area contributed by atoms with E-state index < -0.39 is 10.0 Å². The van der Waals surface area contributed by atoms with Gasteiger partial charge in [-0.2, -0.15) is 4.31 Å². The maximum Gasteiger partial charge on any atom is 0.243 e. The van der Waals surface area contributed by atoms with Crippen LogP contribution in [0.25, 0.3) is 11.0 Å². The van der Waals surface area contributed by atoms with E-state index in [0.717, 1.165) is 23.9 Å². The molecule has 26 heavy (non-hydrogen) atoms. The number of rotatable bonds is 4. The standard InChI is InChI=1S/C19H21N3O3S/c1-25-15-2-4-16(5-3-15)26(23,24)22-12-8-14(9-13-22)17-6-10-20-19-18(17)7-11-21-19/h2-7,10-11,14H,8-9,12-13H2,1H3,(H,20,21). The first-order valence-electron chi connectivity index (χ1n) is 8.66. The minimum absolute atomic E-state index is 0.314. The Labute approximate surface area is 152 Å². The summed E-state index contributed by atoms with van der Waals surface area (Å²) >= 11 is 0. The highest BCUT2D eigenvalue weighted by atomic mass is 32.2. The Kier molecular flexibility index (Phi) is 4.42. The van der Waals surface area contributed by atoms with Gasteiger partial charge in [-0.3, -0.25) is 0 Å². The van der Waals surface area contributed by atoms with Gasteiger partial charge in [-0.05, 0) is 60.7 Å². The molecule has 1 N–H and O–H groups in total. The van der Waals surface area contributed by atoms with Crippen molar-refractivity contribution in [2.24, 2.45) is 0 Å². The normalized spacial score (nSPS) is 16.8. The van der Waals surface area contributed by atoms with Crippen LogP contribution in [0.4, 0.5) is 0 Å². The predicted octanol–water partition coefficient (Wildman–Crippen LogP) is 3.14. The highest BCUT2D eigenvalue weighted by Crippen LogP contribution is 2.34. The van der Waals surface area contributed by atoms with Crippen LogP contribution >= 0.6 is 0 Å². The summed E-state index contributed by atoms with van der Waals surface area (Å²) in [4.78, 5) is 7.78. The van der Waals surface area contributed by atoms with Crippen LogP contribution in [0.1, 0.15) is 24.3 Å². The summed E-state index contributed by atoms with van der Waals surface area (Å²) in [5, 5.41) is 1.13. The number of piperidine rings is 1. The molecule has 1 aromatic carbocycles. The molecular weight excluding hydrogens is 350 g/mol. The molecule has 0 aliphatic carbocycles. The molecule has 1 aliphatic heterocycles. The quantitative estimate of drug-likeness (QED) is 0.764. The minimum atomic E-state index is -3.47. The highest BCUT2D eigenvalue weighted by molar-refractivity contribution is 7.89. The van der Waals surface area contributed by atoms with Gasteiger partial charge < -0.3 is 9.72 Å². The zero-order chi connectivity index (χ0) is 18.1. The fourth-order valence-corrected chi connectivity index (χ4v) is 5.11. The molecule has 3 aromatic rings. The lowest BCUT2D eigenvalue weighted by Crippen LogP contribution is -2.37. The number of sulfonamides is 1. The average Bonchev–Trinajstić information content (AvgIpc) is 3.17. The summed E-state index contributed by atoms with van der Waals surface area (Å²) in [5.41, 5.74) is 2.13. The number of fused-ring (bicyclic) bond motifs is 1. The largest absolute Gasteiger partial charge is 0.497 e. The van der Waals surface area contributed by atoms with E-state index in [9.17, 15) is 8.42 Å². The van der Waals surface area contributed by atoms with Gasteiger partial charge in [-0.25, -0.2) is 13.4 Å². The van der Waals surface area contributed by atoms with E-state index in [1.807, 2.05) is 18.5 Å². The van der Waals surface area contributed by atoms with E-state index in [0.29, 0.717) is 29.7 Å². The van der Waals surface area contributed by atoms with E-state index in [1.54, 1.807) is 35.7 Å². The van der Waals surface area contributed by atoms with Crippen LogP contribution in [0.15, 0.2) is 53.7 Å². The van der Waals surface area contributed by atoms with Crippen LogP contribution in [0.3, 0.4) is 0 Å². The van der Waals surface area contributed by atoms with Crippen molar-refractivity contribution in [3.05, 3.63) is 54.4 Å². The topological polar surface area (TPSA) is 75.3 Å². The van der Waals surface area contributed by atoms with Gasteiger partial charge in [0, 0.05) is 30.9 Å². The Hall–Kier alpha value is -2.38. The van der Waals surface area contributed by atoms with Crippen molar-refractivity contribution in [1.82, 2.24) is 14.3 Å². The number of ether oxygens (including phenoxy) is 1. The van der Waals surface area contributed by atoms with Crippen LogP contribution in [0.2, 0.25) is 0 Å². The van der Waals surface area contributed by atoms with Gasteiger partial charge >= 0.3 is 0 Å². The Morgan fingerprint density at radius 1 is 1.12 bits per heavy atom. The number of hydrogen-bond donors (Lipinski definition) is 1. The lowest BCUT2D eigenvalue weighted by Gasteiger charge is -2.31. The molecule has 3 heterocycles. The van der Waals surface area contributed by atoms with Gasteiger partial charge in [0.05, 0.1) is 12.0 Å². The van der Waals surface area contributed by atoms with Crippen LogP contribution in [-0.4, -0.2) is 42.9 Å². The fourth-order valence-electron chi connectivity index (χ4n) is 3.64. The zero-order valence-electron chi connectivity index (χ0n) is 14.6. The number of benzene rings is 1. The van der Waals surface area contributed by atoms with Crippen molar-refractivity contribution in [2.75, 3.05) is 20.2 Å². The molecule has 4 rings (SSSR count). The van der Waals surface area contributed by atoms with Crippen molar-refractivity contribution in [2.45, 2.75) is 23.7 Å². The van der Waals surface area contributed by atoms with Gasteiger partial charge in [0.2, 0.25) is 10.0 Å². The Morgan fingerprint density at radius 2 is 1.85 bits per heavy atom. The van der Waals surface area contributed by atoms with E-state index in [2.05, 4.69) is 16.0 Å². The molecule has 7 heteroatoms. The molecule has 1 fully saturated rings. The summed E-state index contributed by atoms with van der Waals surface area (Å²) in [6.07, 6.45) is 5.32. The van der Waals surface area contributed by atoms with E-state index in [-0.39, 0.29) is 0 Å². The molecule has 0 bridgehead atoms. The summed E-state index contributed by atoms with van der Waals surface area (Å²) in [6, 6.07) is 10.7. The fraction of sp³-hybridized carbons (Fsp3) is 0.316. The molecule has 1 saturated heterocycles. The summed E-state index contributed by atoms with van der Waals surface area (Å²) in [7, 11) is -1.90. The molecule has 1 aliphatic rings. The molecule has 6 nitrogen and oxygen atoms in total. The lowest BCUT2D eigenvalue weighted by atomic mass is 9.89. The van der Waals surface area contributed by atoms with Gasteiger partial charge in [-0.15, -0.1) is 0 Å². The van der Waals surface area contributed by atoms with Crippen molar-refractivity contribution in [3.8, 4) is 5.75 Å². The SMILES string of the molecule is COc1ccc(S(=O)(=O)N2CCC(c3ccnc4[nH]ccc34)CC2)cc1. The predicted molar refractivity (Wildman–Crippen MR) is 99.8 cm³/mol. The molecule has 2 aromatic heterocycles. The third-order valence-corrected chi connectivity index (χ3v) is 7.00. The van der Waals surface area contributed by atoms with Crippen LogP contribution in [-0.2, 0) is 10.0 Å². The summed E-state index contributed by atoms with van der Waals surface area (Å²) in [6.45, 7) is 1.04. The number of nitrogens with zero attached hydrogens (tertiary/aromatic N) is 2. The number of aromatic nitrogens is 2. The third kappa shape index (κ3) is 2.97. The van der Waals surface area contributed by atoms with E-state index in [4.69, 9.17) is 4.74 Å². The van der Waals surface area contributed by atoms with Crippen molar-refractivity contribution in [3.63, 3.8) is 0 Å². The molecule has 0 spiro atoms. The molecule has 136 valence electrons. The first-order chi connectivity index (χ1) is 12.6. The van der Waals surface area contributed by atoms with Crippen LogP contribution in [0, 0.1) is 0 Å². The van der Waals surface area contributed by atoms with Crippen LogP contribution < -0.4 is 4.74 Å². The maximum atomic E-state index is 12.9. The second-order valence-electron chi connectivity index (χ2n) is 6.49. The molecule has 0 atom stereocenters. The number of pyridine rings is 1. The monoisotopic (exact) mass is 371 g/mol. The van der Waals surface area contributed by atoms with Crippen molar-refractivity contribution < 1.29 is 13.2 Å². The third-order valence-electron chi connectivity index (χ3n) is 5.08. The first-order valence-corrected chi connectivity index (χ1v) is 10.1. The van der Waals surface area contributed by atoms with Gasteiger partial charge in [0.25, 0.3) is 0 Å². The number of nitrogens with one attached hydrogen (secondary N) is 1. The first kappa shape index (κ1) is 17.1. The second-order valence-corrected chi connectivity index (χ2v) is 8.43. The Balaban J connectivity index is 1.51. The van der Waals surface area contributed by atoms with Gasteiger partial charge in [0.15, 0.2) is 0 Å². The Morgan fingerprint density at radius 3 is 2.54 bits per heavy atom. The molecule has 0 radical (unpaired) electrons. The number of hydrogen-bond acceptors (Lipinski definition) is 4.